The summed E-state index contributed by atoms with van der Waals surface area (Å²) in [4.78, 5) is 11.8. The van der Waals surface area contributed by atoms with E-state index in [2.05, 4.69) is 31.4 Å². The number of carbonyl (C=O) groups is 1. The third-order valence-corrected chi connectivity index (χ3v) is 4.18. The summed E-state index contributed by atoms with van der Waals surface area (Å²) in [6.45, 7) is 7.49. The van der Waals surface area contributed by atoms with Gasteiger partial charge in [0.05, 0.1) is 7.11 Å². The highest BCUT2D eigenvalue weighted by Gasteiger charge is 2.27. The molecule has 1 aliphatic rings. The number of hydrogen-bond donors (Lipinski definition) is 2. The van der Waals surface area contributed by atoms with Crippen LogP contribution in [0.4, 0.5) is 0 Å². The van der Waals surface area contributed by atoms with Gasteiger partial charge in [-0.15, -0.1) is 0 Å². The summed E-state index contributed by atoms with van der Waals surface area (Å²) in [5.74, 6) is 0.159. The molecule has 0 saturated carbocycles. The van der Waals surface area contributed by atoms with E-state index in [4.69, 9.17) is 4.74 Å². The lowest BCUT2D eigenvalue weighted by Crippen LogP contribution is -2.49. The zero-order valence-corrected chi connectivity index (χ0v) is 12.9. The predicted octanol–water partition coefficient (Wildman–Crippen LogP) is 2.08. The Labute approximate surface area is 117 Å². The molecular formula is C15H30N2O2. The molecule has 4 nitrogen and oxygen atoms in total. The van der Waals surface area contributed by atoms with Crippen molar-refractivity contribution < 1.29 is 9.53 Å². The summed E-state index contributed by atoms with van der Waals surface area (Å²) in [5.41, 5.74) is 0. The molecule has 0 radical (unpaired) electrons. The fraction of sp³-hybridized carbons (Fsp3) is 0.933. The number of nitrogens with one attached hydrogen (secondary N) is 2. The van der Waals surface area contributed by atoms with Crippen LogP contribution in [0, 0.1) is 5.92 Å². The molecule has 1 saturated heterocycles. The van der Waals surface area contributed by atoms with Crippen molar-refractivity contribution >= 4 is 5.97 Å². The molecule has 4 heteroatoms. The average Bonchev–Trinajstić information content (AvgIpc) is 2.44. The molecule has 2 N–H and O–H groups in total. The fourth-order valence-corrected chi connectivity index (χ4v) is 2.75. The monoisotopic (exact) mass is 270 g/mol. The van der Waals surface area contributed by atoms with Gasteiger partial charge in [-0.1, -0.05) is 26.7 Å². The molecular weight excluding hydrogens is 240 g/mol. The number of methoxy groups -OCH3 is 1. The van der Waals surface area contributed by atoms with Crippen molar-refractivity contribution in [2.24, 2.45) is 5.92 Å². The Bertz CT molecular complexity index is 265. The van der Waals surface area contributed by atoms with E-state index in [9.17, 15) is 4.79 Å². The summed E-state index contributed by atoms with van der Waals surface area (Å²) >= 11 is 0. The molecule has 1 rings (SSSR count). The van der Waals surface area contributed by atoms with E-state index in [1.165, 1.54) is 26.4 Å². The second-order valence-corrected chi connectivity index (χ2v) is 5.84. The number of hydrogen-bond acceptors (Lipinski definition) is 4. The first kappa shape index (κ1) is 16.4. The molecule has 1 aliphatic heterocycles. The molecule has 0 aromatic heterocycles. The van der Waals surface area contributed by atoms with Crippen LogP contribution in [0.3, 0.4) is 0 Å². The van der Waals surface area contributed by atoms with E-state index in [-0.39, 0.29) is 12.0 Å². The lowest BCUT2D eigenvalue weighted by Gasteiger charge is -2.30. The van der Waals surface area contributed by atoms with Crippen LogP contribution in [0.2, 0.25) is 0 Å². The van der Waals surface area contributed by atoms with Gasteiger partial charge in [0.15, 0.2) is 0 Å². The summed E-state index contributed by atoms with van der Waals surface area (Å²) in [5, 5.41) is 7.00. The van der Waals surface area contributed by atoms with Gasteiger partial charge in [0.2, 0.25) is 0 Å². The van der Waals surface area contributed by atoms with E-state index in [0.717, 1.165) is 19.4 Å². The van der Waals surface area contributed by atoms with Crippen LogP contribution in [0.1, 0.15) is 52.9 Å². The first-order valence-electron chi connectivity index (χ1n) is 7.65. The summed E-state index contributed by atoms with van der Waals surface area (Å²) in [6.07, 6.45) is 5.90. The largest absolute Gasteiger partial charge is 0.468 e. The van der Waals surface area contributed by atoms with Gasteiger partial charge in [0.1, 0.15) is 6.04 Å². The minimum Gasteiger partial charge on any atom is -0.468 e. The Kier molecular flexibility index (Phi) is 7.39. The second-order valence-electron chi connectivity index (χ2n) is 5.84. The lowest BCUT2D eigenvalue weighted by molar-refractivity contribution is -0.144. The number of rotatable bonds is 7. The summed E-state index contributed by atoms with van der Waals surface area (Å²) < 4.78 is 4.91. The minimum absolute atomic E-state index is 0.141. The quantitative estimate of drug-likeness (QED) is 0.696. The lowest BCUT2D eigenvalue weighted by atomic mass is 9.95. The van der Waals surface area contributed by atoms with E-state index >= 15 is 0 Å². The third-order valence-electron chi connectivity index (χ3n) is 4.18. The van der Waals surface area contributed by atoms with Gasteiger partial charge in [-0.25, -0.2) is 0 Å². The van der Waals surface area contributed by atoms with Gasteiger partial charge in [-0.2, -0.15) is 0 Å². The van der Waals surface area contributed by atoms with Gasteiger partial charge in [0, 0.05) is 12.1 Å². The first-order valence-corrected chi connectivity index (χ1v) is 7.65. The molecule has 1 fully saturated rings. The Hall–Kier alpha value is -0.610. The smallest absolute Gasteiger partial charge is 0.323 e. The maximum atomic E-state index is 11.8. The molecule has 4 atom stereocenters. The number of esters is 1. The van der Waals surface area contributed by atoms with Crippen molar-refractivity contribution in [1.29, 1.82) is 0 Å². The molecule has 1 heterocycles. The molecule has 0 aromatic rings. The molecule has 4 unspecified atom stereocenters. The maximum absolute atomic E-state index is 11.8. The highest BCUT2D eigenvalue weighted by Crippen LogP contribution is 2.15. The number of piperidine rings is 1. The molecule has 0 bridgehead atoms. The van der Waals surface area contributed by atoms with Crippen molar-refractivity contribution in [3.63, 3.8) is 0 Å². The Balaban J connectivity index is 2.45. The van der Waals surface area contributed by atoms with Crippen molar-refractivity contribution in [3.05, 3.63) is 0 Å². The van der Waals surface area contributed by atoms with E-state index in [1.807, 2.05) is 0 Å². The van der Waals surface area contributed by atoms with Crippen molar-refractivity contribution in [3.8, 4) is 0 Å². The first-order chi connectivity index (χ1) is 9.08. The topological polar surface area (TPSA) is 50.4 Å². The van der Waals surface area contributed by atoms with Crippen LogP contribution in [-0.2, 0) is 9.53 Å². The van der Waals surface area contributed by atoms with Crippen molar-refractivity contribution in [1.82, 2.24) is 10.6 Å². The van der Waals surface area contributed by atoms with Crippen LogP contribution in [0.15, 0.2) is 0 Å². The van der Waals surface area contributed by atoms with Gasteiger partial charge in [0.25, 0.3) is 0 Å². The SMILES string of the molecule is CCC(C)C(NC(C)CC1CCCCN1)C(=O)OC. The van der Waals surface area contributed by atoms with Crippen molar-refractivity contribution in [2.75, 3.05) is 13.7 Å². The number of ether oxygens (including phenoxy) is 1. The Morgan fingerprint density at radius 3 is 2.68 bits per heavy atom. The Morgan fingerprint density at radius 1 is 1.42 bits per heavy atom. The zero-order chi connectivity index (χ0) is 14.3. The van der Waals surface area contributed by atoms with E-state index in [1.54, 1.807) is 0 Å². The standard InChI is InChI=1S/C15H30N2O2/c1-5-11(2)14(15(18)19-4)17-12(3)10-13-8-6-7-9-16-13/h11-14,16-17H,5-10H2,1-4H3. The number of carbonyl (C=O) groups excluding carboxylic acids is 1. The minimum atomic E-state index is -0.186. The fourth-order valence-electron chi connectivity index (χ4n) is 2.75. The van der Waals surface area contributed by atoms with E-state index in [0.29, 0.717) is 18.0 Å². The molecule has 0 spiro atoms. The normalized spacial score (nSPS) is 24.5. The molecule has 0 amide bonds. The molecule has 0 aromatic carbocycles. The van der Waals surface area contributed by atoms with Gasteiger partial charge < -0.3 is 15.4 Å². The molecule has 19 heavy (non-hydrogen) atoms. The van der Waals surface area contributed by atoms with Gasteiger partial charge >= 0.3 is 5.97 Å². The Morgan fingerprint density at radius 2 is 2.16 bits per heavy atom. The highest BCUT2D eigenvalue weighted by atomic mass is 16.5. The van der Waals surface area contributed by atoms with Crippen LogP contribution in [0.5, 0.6) is 0 Å². The summed E-state index contributed by atoms with van der Waals surface area (Å²) in [7, 11) is 1.47. The third kappa shape index (κ3) is 5.49. The predicted molar refractivity (Wildman–Crippen MR) is 78.1 cm³/mol. The molecule has 0 aliphatic carbocycles. The second kappa shape index (κ2) is 8.54. The summed E-state index contributed by atoms with van der Waals surface area (Å²) in [6, 6.07) is 0.730. The highest BCUT2D eigenvalue weighted by molar-refractivity contribution is 5.76. The van der Waals surface area contributed by atoms with Crippen LogP contribution >= 0.6 is 0 Å². The van der Waals surface area contributed by atoms with Crippen LogP contribution in [-0.4, -0.2) is 37.7 Å². The van der Waals surface area contributed by atoms with Crippen LogP contribution < -0.4 is 10.6 Å². The van der Waals surface area contributed by atoms with E-state index < -0.39 is 0 Å². The zero-order valence-electron chi connectivity index (χ0n) is 12.9. The average molecular weight is 270 g/mol. The molecule has 112 valence electrons. The van der Waals surface area contributed by atoms with Gasteiger partial charge in [-0.3, -0.25) is 4.79 Å². The maximum Gasteiger partial charge on any atom is 0.323 e. The van der Waals surface area contributed by atoms with Crippen LogP contribution in [0.25, 0.3) is 0 Å². The van der Waals surface area contributed by atoms with Gasteiger partial charge in [-0.05, 0) is 38.6 Å². The van der Waals surface area contributed by atoms with Crippen molar-refractivity contribution in [2.45, 2.75) is 71.0 Å².